The van der Waals surface area contributed by atoms with Gasteiger partial charge in [-0.15, -0.1) is 0 Å². The predicted octanol–water partition coefficient (Wildman–Crippen LogP) is 5.15. The third-order valence-electron chi connectivity index (χ3n) is 4.93. The molecule has 0 amide bonds. The molecule has 1 N–H and O–H groups in total. The summed E-state index contributed by atoms with van der Waals surface area (Å²) in [6, 6.07) is 10.5. The first-order valence-corrected chi connectivity index (χ1v) is 9.61. The zero-order chi connectivity index (χ0) is 17.0. The van der Waals surface area contributed by atoms with Crippen molar-refractivity contribution in [2.24, 2.45) is 0 Å². The van der Waals surface area contributed by atoms with E-state index in [0.717, 1.165) is 23.9 Å². The molecule has 0 saturated carbocycles. The van der Waals surface area contributed by atoms with Gasteiger partial charge in [0.05, 0.1) is 20.6 Å². The second-order valence-electron chi connectivity index (χ2n) is 7.48. The minimum Gasteiger partial charge on any atom is -0.345 e. The zero-order valence-corrected chi connectivity index (χ0v) is 15.6. The average molecular weight is 321 g/mol. The minimum atomic E-state index is -0.264. The molecule has 0 aliphatic carbocycles. The number of hydrogen-bond donors (Lipinski definition) is 1. The van der Waals surface area contributed by atoms with Gasteiger partial charge in [-0.2, -0.15) is 0 Å². The van der Waals surface area contributed by atoms with E-state index in [1.54, 1.807) is 0 Å². The van der Waals surface area contributed by atoms with Crippen LogP contribution in [0.25, 0.3) is 0 Å². The smallest absolute Gasteiger partial charge is 0.190 e. The Hall–Kier alpha value is -0.860. The van der Waals surface area contributed by atoms with Gasteiger partial charge >= 0.3 is 0 Å². The number of nitrogens with zero attached hydrogens (tertiary/aromatic N) is 1. The Morgan fingerprint density at radius 1 is 0.870 bits per heavy atom. The fourth-order valence-corrected chi connectivity index (χ4v) is 3.09. The first-order chi connectivity index (χ1) is 11.1. The van der Waals surface area contributed by atoms with E-state index in [1.165, 1.54) is 56.9 Å². The number of aryl methyl sites for hydroxylation is 1. The molecule has 0 aromatic heterocycles. The Bertz CT molecular complexity index is 388. The van der Waals surface area contributed by atoms with E-state index in [9.17, 15) is 5.11 Å². The molecule has 0 aliphatic heterocycles. The summed E-state index contributed by atoms with van der Waals surface area (Å²) in [5, 5.41) is 10.5. The first kappa shape index (κ1) is 20.2. The lowest BCUT2D eigenvalue weighted by Gasteiger charge is -2.35. The second kappa shape index (κ2) is 11.6. The van der Waals surface area contributed by atoms with E-state index in [4.69, 9.17) is 0 Å². The number of aliphatic hydroxyl groups excluding tert-OH is 1. The van der Waals surface area contributed by atoms with Gasteiger partial charge in [0.1, 0.15) is 0 Å². The molecule has 0 bridgehead atoms. The zero-order valence-electron chi connectivity index (χ0n) is 15.6. The van der Waals surface area contributed by atoms with E-state index >= 15 is 0 Å². The molecule has 0 heterocycles. The molecule has 0 saturated heterocycles. The topological polar surface area (TPSA) is 20.2 Å². The summed E-state index contributed by atoms with van der Waals surface area (Å²) in [5.41, 5.74) is 1.32. The van der Waals surface area contributed by atoms with Crippen LogP contribution in [0, 0.1) is 0 Å². The van der Waals surface area contributed by atoms with Crippen LogP contribution in [0.3, 0.4) is 0 Å². The van der Waals surface area contributed by atoms with Crippen molar-refractivity contribution in [3.63, 3.8) is 0 Å². The molecule has 2 heteroatoms. The normalized spacial score (nSPS) is 13.2. The Balaban J connectivity index is 2.13. The summed E-state index contributed by atoms with van der Waals surface area (Å²) >= 11 is 0. The van der Waals surface area contributed by atoms with E-state index in [2.05, 4.69) is 45.3 Å². The van der Waals surface area contributed by atoms with Crippen LogP contribution < -0.4 is 0 Å². The quantitative estimate of drug-likeness (QED) is 0.302. The van der Waals surface area contributed by atoms with Crippen molar-refractivity contribution in [1.29, 1.82) is 0 Å². The number of aliphatic hydroxyl groups is 1. The van der Waals surface area contributed by atoms with Crippen LogP contribution in [0.2, 0.25) is 0 Å². The van der Waals surface area contributed by atoms with Crippen LogP contribution in [0.1, 0.15) is 70.3 Å². The molecule has 0 aliphatic rings. The number of unbranched alkanes of at least 4 members (excludes halogenated alkanes) is 7. The van der Waals surface area contributed by atoms with Crippen LogP contribution in [0.15, 0.2) is 30.3 Å². The molecule has 0 fully saturated rings. The van der Waals surface area contributed by atoms with Crippen molar-refractivity contribution in [3.05, 3.63) is 35.9 Å². The highest BCUT2D eigenvalue weighted by Gasteiger charge is 2.24. The lowest BCUT2D eigenvalue weighted by atomic mass is 10.1. The van der Waals surface area contributed by atoms with Gasteiger partial charge in [0.2, 0.25) is 0 Å². The standard InChI is InChI=1S/C21H38NO/c1-4-5-6-7-8-9-10-14-19-22(2,3)21(23)18-17-20-15-12-11-13-16-20/h11-13,15-16,21,23H,4-10,14,17-19H2,1-3H3/q+1/t21-/m0/s1. The highest BCUT2D eigenvalue weighted by atomic mass is 16.3. The molecule has 1 rings (SSSR count). The highest BCUT2D eigenvalue weighted by molar-refractivity contribution is 5.14. The third-order valence-corrected chi connectivity index (χ3v) is 4.93. The number of rotatable bonds is 13. The molecular weight excluding hydrogens is 282 g/mol. The van der Waals surface area contributed by atoms with Gasteiger partial charge in [-0.1, -0.05) is 75.8 Å². The van der Waals surface area contributed by atoms with Gasteiger partial charge < -0.3 is 9.59 Å². The Morgan fingerprint density at radius 2 is 1.43 bits per heavy atom. The van der Waals surface area contributed by atoms with Gasteiger partial charge in [-0.05, 0) is 24.8 Å². The fourth-order valence-electron chi connectivity index (χ4n) is 3.09. The monoisotopic (exact) mass is 320 g/mol. The van der Waals surface area contributed by atoms with Crippen molar-refractivity contribution in [2.45, 2.75) is 77.4 Å². The van der Waals surface area contributed by atoms with Crippen LogP contribution >= 0.6 is 0 Å². The Labute approximate surface area is 144 Å². The molecule has 1 aromatic rings. The molecule has 132 valence electrons. The maximum absolute atomic E-state index is 10.5. The van der Waals surface area contributed by atoms with Crippen LogP contribution in [0.5, 0.6) is 0 Å². The van der Waals surface area contributed by atoms with Gasteiger partial charge in [-0.3, -0.25) is 0 Å². The van der Waals surface area contributed by atoms with E-state index in [-0.39, 0.29) is 6.23 Å². The SMILES string of the molecule is CCCCCCCCCC[N+](C)(C)[C@@H](O)CCc1ccccc1. The number of quaternary nitrogens is 1. The summed E-state index contributed by atoms with van der Waals surface area (Å²) in [6.45, 7) is 3.34. The molecule has 1 aromatic carbocycles. The summed E-state index contributed by atoms with van der Waals surface area (Å²) < 4.78 is 0.725. The number of benzene rings is 1. The van der Waals surface area contributed by atoms with Gasteiger partial charge in [0.15, 0.2) is 6.23 Å². The van der Waals surface area contributed by atoms with Gasteiger partial charge in [-0.25, -0.2) is 0 Å². The minimum absolute atomic E-state index is 0.264. The van der Waals surface area contributed by atoms with Crippen LogP contribution in [-0.2, 0) is 6.42 Å². The first-order valence-electron chi connectivity index (χ1n) is 9.61. The van der Waals surface area contributed by atoms with E-state index < -0.39 is 0 Å². The number of hydrogen-bond acceptors (Lipinski definition) is 1. The molecule has 0 radical (unpaired) electrons. The summed E-state index contributed by atoms with van der Waals surface area (Å²) in [5.74, 6) is 0. The van der Waals surface area contributed by atoms with Crippen molar-refractivity contribution >= 4 is 0 Å². The molecule has 1 atom stereocenters. The maximum atomic E-state index is 10.5. The third kappa shape index (κ3) is 9.12. The molecule has 23 heavy (non-hydrogen) atoms. The van der Waals surface area contributed by atoms with Crippen molar-refractivity contribution < 1.29 is 9.59 Å². The fraction of sp³-hybridized carbons (Fsp3) is 0.714. The largest absolute Gasteiger partial charge is 0.345 e. The average Bonchev–Trinajstić information content (AvgIpc) is 2.56. The maximum Gasteiger partial charge on any atom is 0.190 e. The molecular formula is C21H38NO+. The van der Waals surface area contributed by atoms with Crippen molar-refractivity contribution in [2.75, 3.05) is 20.6 Å². The summed E-state index contributed by atoms with van der Waals surface area (Å²) in [7, 11) is 4.33. The molecule has 0 spiro atoms. The lowest BCUT2D eigenvalue weighted by Crippen LogP contribution is -2.49. The predicted molar refractivity (Wildman–Crippen MR) is 100 cm³/mol. The van der Waals surface area contributed by atoms with Crippen LogP contribution in [-0.4, -0.2) is 36.5 Å². The van der Waals surface area contributed by atoms with Crippen LogP contribution in [0.4, 0.5) is 0 Å². The highest BCUT2D eigenvalue weighted by Crippen LogP contribution is 2.15. The summed E-state index contributed by atoms with van der Waals surface area (Å²) in [6.07, 6.45) is 12.3. The molecule has 2 nitrogen and oxygen atoms in total. The molecule has 0 unspecified atom stereocenters. The van der Waals surface area contributed by atoms with E-state index in [0.29, 0.717) is 0 Å². The Morgan fingerprint density at radius 3 is 2.04 bits per heavy atom. The Kier molecular flexibility index (Phi) is 10.2. The van der Waals surface area contributed by atoms with Crippen molar-refractivity contribution in [3.8, 4) is 0 Å². The van der Waals surface area contributed by atoms with Crippen molar-refractivity contribution in [1.82, 2.24) is 0 Å². The second-order valence-corrected chi connectivity index (χ2v) is 7.48. The van der Waals surface area contributed by atoms with E-state index in [1.807, 2.05) is 6.07 Å². The van der Waals surface area contributed by atoms with Gasteiger partial charge in [0, 0.05) is 6.42 Å². The van der Waals surface area contributed by atoms with Gasteiger partial charge in [0.25, 0.3) is 0 Å². The lowest BCUT2D eigenvalue weighted by molar-refractivity contribution is -0.937. The summed E-state index contributed by atoms with van der Waals surface area (Å²) in [4.78, 5) is 0.